The molecule has 0 radical (unpaired) electrons. The van der Waals surface area contributed by atoms with Crippen molar-refractivity contribution in [1.29, 1.82) is 0 Å². The van der Waals surface area contributed by atoms with Gasteiger partial charge in [0.05, 0.1) is 11.4 Å². The molecule has 0 atom stereocenters. The molecule has 0 aliphatic carbocycles. The van der Waals surface area contributed by atoms with Crippen LogP contribution >= 0.6 is 0 Å². The van der Waals surface area contributed by atoms with Crippen molar-refractivity contribution in [2.24, 2.45) is 0 Å². The molecule has 4 heteroatoms. The molecule has 0 aliphatic rings. The summed E-state index contributed by atoms with van der Waals surface area (Å²) in [5.74, 6) is -1.27. The van der Waals surface area contributed by atoms with Crippen LogP contribution < -0.4 is 0 Å². The monoisotopic (exact) mass is 296 g/mol. The van der Waals surface area contributed by atoms with Gasteiger partial charge in [-0.2, -0.15) is 0 Å². The van der Waals surface area contributed by atoms with E-state index in [1.54, 1.807) is 24.5 Å². The van der Waals surface area contributed by atoms with Gasteiger partial charge in [0.1, 0.15) is 11.6 Å². The number of rotatable bonds is 2. The number of hydrogen-bond acceptors (Lipinski definition) is 2. The largest absolute Gasteiger partial charge is 0.256 e. The Morgan fingerprint density at radius 2 is 1.14 bits per heavy atom. The van der Waals surface area contributed by atoms with Gasteiger partial charge in [-0.15, -0.1) is 0 Å². The topological polar surface area (TPSA) is 25.8 Å². The predicted molar refractivity (Wildman–Crippen MR) is 82.3 cm³/mol. The Labute approximate surface area is 127 Å². The Bertz CT molecular complexity index is 743. The molecule has 0 spiro atoms. The maximum Gasteiger partial charge on any atom is 0.135 e. The summed E-state index contributed by atoms with van der Waals surface area (Å²) in [6.07, 6.45) is 3.31. The molecule has 3 aromatic rings. The average Bonchev–Trinajstić information content (AvgIpc) is 2.50. The van der Waals surface area contributed by atoms with Gasteiger partial charge in [-0.25, -0.2) is 8.78 Å². The van der Waals surface area contributed by atoms with E-state index in [2.05, 4.69) is 9.97 Å². The van der Waals surface area contributed by atoms with Crippen LogP contribution in [0.5, 0.6) is 0 Å². The third-order valence-corrected chi connectivity index (χ3v) is 3.43. The SMILES string of the molecule is Cc1ccc(-c2cc(-c3ccc(C)cn3)c(F)cc2F)nc1. The van der Waals surface area contributed by atoms with E-state index < -0.39 is 11.6 Å². The lowest BCUT2D eigenvalue weighted by Crippen LogP contribution is -1.95. The van der Waals surface area contributed by atoms with Crippen molar-refractivity contribution in [3.05, 3.63) is 71.6 Å². The standard InChI is InChI=1S/C18H14F2N2/c1-11-3-5-17(21-9-11)13-7-14(16(20)8-15(13)19)18-6-4-12(2)10-22-18/h3-10H,1-2H3. The van der Waals surface area contributed by atoms with Gasteiger partial charge >= 0.3 is 0 Å². The minimum Gasteiger partial charge on any atom is -0.256 e. The van der Waals surface area contributed by atoms with Gasteiger partial charge in [0.2, 0.25) is 0 Å². The maximum atomic E-state index is 14.1. The van der Waals surface area contributed by atoms with Gasteiger partial charge in [0.25, 0.3) is 0 Å². The second kappa shape index (κ2) is 5.64. The van der Waals surface area contributed by atoms with E-state index in [1.165, 1.54) is 6.07 Å². The number of aryl methyl sites for hydroxylation is 2. The third-order valence-electron chi connectivity index (χ3n) is 3.43. The molecule has 0 saturated carbocycles. The summed E-state index contributed by atoms with van der Waals surface area (Å²) in [6.45, 7) is 3.80. The van der Waals surface area contributed by atoms with E-state index >= 15 is 0 Å². The van der Waals surface area contributed by atoms with Crippen LogP contribution in [0.2, 0.25) is 0 Å². The van der Waals surface area contributed by atoms with Gasteiger partial charge in [-0.1, -0.05) is 12.1 Å². The van der Waals surface area contributed by atoms with E-state index in [0.29, 0.717) is 11.4 Å². The molecular weight excluding hydrogens is 282 g/mol. The van der Waals surface area contributed by atoms with Gasteiger partial charge in [-0.3, -0.25) is 9.97 Å². The summed E-state index contributed by atoms with van der Waals surface area (Å²) < 4.78 is 28.2. The molecule has 3 rings (SSSR count). The van der Waals surface area contributed by atoms with Crippen molar-refractivity contribution in [3.63, 3.8) is 0 Å². The highest BCUT2D eigenvalue weighted by molar-refractivity contribution is 5.70. The number of hydrogen-bond donors (Lipinski definition) is 0. The third kappa shape index (κ3) is 2.72. The molecule has 0 fully saturated rings. The molecule has 2 heterocycles. The van der Waals surface area contributed by atoms with E-state index in [1.807, 2.05) is 26.0 Å². The van der Waals surface area contributed by atoms with E-state index in [0.717, 1.165) is 17.2 Å². The number of aromatic nitrogens is 2. The van der Waals surface area contributed by atoms with Crippen LogP contribution in [0.15, 0.2) is 48.8 Å². The first kappa shape index (κ1) is 14.3. The van der Waals surface area contributed by atoms with Crippen LogP contribution in [-0.4, -0.2) is 9.97 Å². The van der Waals surface area contributed by atoms with Gasteiger partial charge < -0.3 is 0 Å². The lowest BCUT2D eigenvalue weighted by atomic mass is 10.0. The van der Waals surface area contributed by atoms with Gasteiger partial charge in [-0.05, 0) is 43.2 Å². The van der Waals surface area contributed by atoms with Crippen LogP contribution in [0.4, 0.5) is 8.78 Å². The molecule has 110 valence electrons. The Kier molecular flexibility index (Phi) is 3.67. The van der Waals surface area contributed by atoms with Crippen LogP contribution in [-0.2, 0) is 0 Å². The number of benzene rings is 1. The second-order valence-corrected chi connectivity index (χ2v) is 5.25. The zero-order valence-electron chi connectivity index (χ0n) is 12.3. The van der Waals surface area contributed by atoms with E-state index in [-0.39, 0.29) is 11.1 Å². The first-order valence-electron chi connectivity index (χ1n) is 6.89. The Morgan fingerprint density at radius 3 is 1.50 bits per heavy atom. The van der Waals surface area contributed by atoms with Crippen molar-refractivity contribution in [3.8, 4) is 22.5 Å². The highest BCUT2D eigenvalue weighted by Crippen LogP contribution is 2.29. The summed E-state index contributed by atoms with van der Waals surface area (Å²) >= 11 is 0. The van der Waals surface area contributed by atoms with Crippen LogP contribution in [0.3, 0.4) is 0 Å². The lowest BCUT2D eigenvalue weighted by Gasteiger charge is -2.08. The van der Waals surface area contributed by atoms with Crippen LogP contribution in [0, 0.1) is 25.5 Å². The first-order chi connectivity index (χ1) is 10.5. The maximum absolute atomic E-state index is 14.1. The van der Waals surface area contributed by atoms with Gasteiger partial charge in [0, 0.05) is 29.6 Å². The molecule has 2 nitrogen and oxygen atoms in total. The fraction of sp³-hybridized carbons (Fsp3) is 0.111. The highest BCUT2D eigenvalue weighted by atomic mass is 19.1. The second-order valence-electron chi connectivity index (χ2n) is 5.25. The Balaban J connectivity index is 2.14. The molecule has 2 aromatic heterocycles. The minimum atomic E-state index is -0.635. The minimum absolute atomic E-state index is 0.263. The molecule has 1 aromatic carbocycles. The fourth-order valence-electron chi connectivity index (χ4n) is 2.20. The molecule has 22 heavy (non-hydrogen) atoms. The van der Waals surface area contributed by atoms with Crippen molar-refractivity contribution < 1.29 is 8.78 Å². The smallest absolute Gasteiger partial charge is 0.135 e. The van der Waals surface area contributed by atoms with Crippen LogP contribution in [0.25, 0.3) is 22.5 Å². The molecule has 0 N–H and O–H groups in total. The van der Waals surface area contributed by atoms with Crippen molar-refractivity contribution >= 4 is 0 Å². The summed E-state index contributed by atoms with van der Waals surface area (Å²) in [5.41, 5.74) is 3.42. The summed E-state index contributed by atoms with van der Waals surface area (Å²) in [6, 6.07) is 9.47. The Hall–Kier alpha value is -2.62. The van der Waals surface area contributed by atoms with Crippen molar-refractivity contribution in [2.45, 2.75) is 13.8 Å². The van der Waals surface area contributed by atoms with Crippen molar-refractivity contribution in [1.82, 2.24) is 9.97 Å². The molecule has 0 saturated heterocycles. The predicted octanol–water partition coefficient (Wildman–Crippen LogP) is 4.71. The summed E-state index contributed by atoms with van der Waals surface area (Å²) in [5, 5.41) is 0. The van der Waals surface area contributed by atoms with Crippen molar-refractivity contribution in [2.75, 3.05) is 0 Å². The number of halogens is 2. The van der Waals surface area contributed by atoms with E-state index in [4.69, 9.17) is 0 Å². The van der Waals surface area contributed by atoms with Crippen LogP contribution in [0.1, 0.15) is 11.1 Å². The molecule has 0 amide bonds. The molecular formula is C18H14F2N2. The Morgan fingerprint density at radius 1 is 0.682 bits per heavy atom. The van der Waals surface area contributed by atoms with E-state index in [9.17, 15) is 8.78 Å². The fourth-order valence-corrected chi connectivity index (χ4v) is 2.20. The first-order valence-corrected chi connectivity index (χ1v) is 6.89. The zero-order chi connectivity index (χ0) is 15.7. The normalized spacial score (nSPS) is 10.7. The molecule has 0 aliphatic heterocycles. The lowest BCUT2D eigenvalue weighted by molar-refractivity contribution is 0.587. The highest BCUT2D eigenvalue weighted by Gasteiger charge is 2.14. The molecule has 0 unspecified atom stereocenters. The quantitative estimate of drug-likeness (QED) is 0.684. The summed E-state index contributed by atoms with van der Waals surface area (Å²) in [7, 11) is 0. The summed E-state index contributed by atoms with van der Waals surface area (Å²) in [4.78, 5) is 8.41. The molecule has 0 bridgehead atoms. The van der Waals surface area contributed by atoms with Gasteiger partial charge in [0.15, 0.2) is 0 Å². The average molecular weight is 296 g/mol. The number of pyridine rings is 2. The zero-order valence-corrected chi connectivity index (χ0v) is 12.3. The number of nitrogens with zero attached hydrogens (tertiary/aromatic N) is 2.